The molecule has 2 nitrogen and oxygen atoms in total. The van der Waals surface area contributed by atoms with Crippen molar-refractivity contribution in [1.82, 2.24) is 0 Å². The SMILES string of the molecule is CCCCOP(=S)(OCCCC)SCC=Cc1ccccc1. The monoisotopic (exact) mass is 358 g/mol. The predicted octanol–water partition coefficient (Wildman–Crippen LogP) is 6.29. The number of rotatable bonds is 12. The minimum atomic E-state index is -2.20. The molecule has 0 spiro atoms. The quantitative estimate of drug-likeness (QED) is 0.323. The molecular formula is C17H27O2PS2. The fraction of sp³-hybridized carbons (Fsp3) is 0.529. The first-order chi connectivity index (χ1) is 10.7. The van der Waals surface area contributed by atoms with Crippen molar-refractivity contribution < 1.29 is 9.05 Å². The van der Waals surface area contributed by atoms with Crippen LogP contribution >= 0.6 is 17.1 Å². The Bertz CT molecular complexity index is 449. The molecule has 0 radical (unpaired) electrons. The van der Waals surface area contributed by atoms with E-state index in [4.69, 9.17) is 20.9 Å². The summed E-state index contributed by atoms with van der Waals surface area (Å²) in [4.78, 5) is 0. The van der Waals surface area contributed by atoms with E-state index in [2.05, 4.69) is 38.1 Å². The Kier molecular flexibility index (Phi) is 11.2. The highest BCUT2D eigenvalue weighted by molar-refractivity contribution is 8.67. The van der Waals surface area contributed by atoms with E-state index in [1.54, 1.807) is 11.4 Å². The molecule has 0 amide bonds. The molecule has 0 unspecified atom stereocenters. The van der Waals surface area contributed by atoms with Gasteiger partial charge >= 0.3 is 0 Å². The molecule has 0 bridgehead atoms. The average Bonchev–Trinajstić information content (AvgIpc) is 2.53. The minimum Gasteiger partial charge on any atom is -0.322 e. The van der Waals surface area contributed by atoms with Crippen LogP contribution in [0.1, 0.15) is 45.1 Å². The normalized spacial score (nSPS) is 12.1. The lowest BCUT2D eigenvalue weighted by atomic mass is 10.2. The molecule has 1 aromatic carbocycles. The van der Waals surface area contributed by atoms with E-state index in [0.717, 1.165) is 31.4 Å². The van der Waals surface area contributed by atoms with E-state index in [1.807, 2.05) is 18.2 Å². The first-order valence-corrected chi connectivity index (χ1v) is 12.2. The minimum absolute atomic E-state index is 0.704. The molecule has 124 valence electrons. The summed E-state index contributed by atoms with van der Waals surface area (Å²) < 4.78 is 11.8. The van der Waals surface area contributed by atoms with Crippen molar-refractivity contribution in [2.75, 3.05) is 19.0 Å². The van der Waals surface area contributed by atoms with Gasteiger partial charge < -0.3 is 9.05 Å². The molecule has 0 fully saturated rings. The third-order valence-corrected chi connectivity index (χ3v) is 8.20. The smallest absolute Gasteiger partial charge is 0.247 e. The van der Waals surface area contributed by atoms with E-state index in [9.17, 15) is 0 Å². The Morgan fingerprint density at radius 1 is 1.05 bits per heavy atom. The number of hydrogen-bond acceptors (Lipinski definition) is 4. The van der Waals surface area contributed by atoms with Gasteiger partial charge in [0.1, 0.15) is 0 Å². The molecule has 0 aliphatic heterocycles. The molecule has 1 rings (SSSR count). The van der Waals surface area contributed by atoms with Crippen LogP contribution in [0.2, 0.25) is 0 Å². The van der Waals surface area contributed by atoms with Gasteiger partial charge in [-0.1, -0.05) is 80.6 Å². The third-order valence-electron chi connectivity index (χ3n) is 2.93. The average molecular weight is 359 g/mol. The summed E-state index contributed by atoms with van der Waals surface area (Å²) in [5.74, 6) is 0.824. The van der Waals surface area contributed by atoms with Gasteiger partial charge in [0.05, 0.1) is 13.2 Å². The van der Waals surface area contributed by atoms with Crippen LogP contribution in [-0.4, -0.2) is 19.0 Å². The van der Waals surface area contributed by atoms with Gasteiger partial charge in [-0.05, 0) is 30.2 Å². The van der Waals surface area contributed by atoms with Gasteiger partial charge in [-0.2, -0.15) is 0 Å². The Morgan fingerprint density at radius 3 is 2.18 bits per heavy atom. The van der Waals surface area contributed by atoms with Gasteiger partial charge in [-0.25, -0.2) is 0 Å². The first-order valence-electron chi connectivity index (χ1n) is 7.95. The molecule has 1 aromatic rings. The van der Waals surface area contributed by atoms with E-state index in [-0.39, 0.29) is 0 Å². The third kappa shape index (κ3) is 9.12. The van der Waals surface area contributed by atoms with E-state index >= 15 is 0 Å². The fourth-order valence-electron chi connectivity index (χ4n) is 1.64. The summed E-state index contributed by atoms with van der Waals surface area (Å²) in [7, 11) is 0. The summed E-state index contributed by atoms with van der Waals surface area (Å²) in [6, 6.07) is 10.3. The van der Waals surface area contributed by atoms with Gasteiger partial charge in [0.2, 0.25) is 5.69 Å². The Balaban J connectivity index is 2.45. The molecule has 0 atom stereocenters. The maximum absolute atomic E-state index is 5.90. The highest BCUT2D eigenvalue weighted by Gasteiger charge is 2.18. The van der Waals surface area contributed by atoms with Crippen LogP contribution < -0.4 is 0 Å². The van der Waals surface area contributed by atoms with Crippen molar-refractivity contribution in [3.63, 3.8) is 0 Å². The molecule has 0 saturated carbocycles. The zero-order valence-electron chi connectivity index (χ0n) is 13.6. The number of benzene rings is 1. The molecular weight excluding hydrogens is 331 g/mol. The summed E-state index contributed by atoms with van der Waals surface area (Å²) in [5, 5.41) is 0. The molecule has 0 aliphatic rings. The highest BCUT2D eigenvalue weighted by atomic mass is 32.9. The van der Waals surface area contributed by atoms with Gasteiger partial charge in [0, 0.05) is 5.75 Å². The second kappa shape index (κ2) is 12.3. The van der Waals surface area contributed by atoms with E-state index < -0.39 is 5.69 Å². The van der Waals surface area contributed by atoms with Crippen molar-refractivity contribution in [3.8, 4) is 0 Å². The zero-order chi connectivity index (χ0) is 16.1. The lowest BCUT2D eigenvalue weighted by Gasteiger charge is -2.20. The lowest BCUT2D eigenvalue weighted by molar-refractivity contribution is 0.253. The summed E-state index contributed by atoms with van der Waals surface area (Å²) in [5.41, 5.74) is -0.997. The maximum Gasteiger partial charge on any atom is 0.247 e. The topological polar surface area (TPSA) is 18.5 Å². The molecule has 5 heteroatoms. The van der Waals surface area contributed by atoms with Crippen LogP contribution in [-0.2, 0) is 20.9 Å². The molecule has 22 heavy (non-hydrogen) atoms. The first kappa shape index (κ1) is 19.9. The highest BCUT2D eigenvalue weighted by Crippen LogP contribution is 2.61. The van der Waals surface area contributed by atoms with Crippen molar-refractivity contribution >= 4 is 35.0 Å². The van der Waals surface area contributed by atoms with E-state index in [1.165, 1.54) is 5.56 Å². The summed E-state index contributed by atoms with van der Waals surface area (Å²) in [6.07, 6.45) is 8.55. The molecule has 0 saturated heterocycles. The van der Waals surface area contributed by atoms with Crippen molar-refractivity contribution in [2.24, 2.45) is 0 Å². The van der Waals surface area contributed by atoms with Crippen molar-refractivity contribution in [3.05, 3.63) is 42.0 Å². The lowest BCUT2D eigenvalue weighted by Crippen LogP contribution is -1.97. The zero-order valence-corrected chi connectivity index (χ0v) is 16.1. The predicted molar refractivity (Wildman–Crippen MR) is 104 cm³/mol. The van der Waals surface area contributed by atoms with Crippen LogP contribution in [0.25, 0.3) is 6.08 Å². The van der Waals surface area contributed by atoms with Gasteiger partial charge in [0.15, 0.2) is 0 Å². The van der Waals surface area contributed by atoms with Crippen molar-refractivity contribution in [1.29, 1.82) is 0 Å². The second-order valence-corrected chi connectivity index (χ2v) is 11.3. The summed E-state index contributed by atoms with van der Waals surface area (Å²) >= 11 is 7.29. The van der Waals surface area contributed by atoms with Crippen LogP contribution in [0.3, 0.4) is 0 Å². The molecule has 0 N–H and O–H groups in total. The second-order valence-electron chi connectivity index (χ2n) is 4.93. The van der Waals surface area contributed by atoms with Crippen LogP contribution in [0.5, 0.6) is 0 Å². The van der Waals surface area contributed by atoms with Crippen LogP contribution in [0.15, 0.2) is 36.4 Å². The summed E-state index contributed by atoms with van der Waals surface area (Å²) in [6.45, 7) is 5.71. The van der Waals surface area contributed by atoms with Crippen molar-refractivity contribution in [2.45, 2.75) is 39.5 Å². The van der Waals surface area contributed by atoms with Gasteiger partial charge in [0.25, 0.3) is 0 Å². The maximum atomic E-state index is 5.90. The Morgan fingerprint density at radius 2 is 1.64 bits per heavy atom. The number of hydrogen-bond donors (Lipinski definition) is 0. The molecule has 0 aliphatic carbocycles. The van der Waals surface area contributed by atoms with Gasteiger partial charge in [-0.3, -0.25) is 0 Å². The Hall–Kier alpha value is -0.120. The largest absolute Gasteiger partial charge is 0.322 e. The van der Waals surface area contributed by atoms with Gasteiger partial charge in [-0.15, -0.1) is 0 Å². The van der Waals surface area contributed by atoms with E-state index in [0.29, 0.717) is 13.2 Å². The van der Waals surface area contributed by atoms with Crippen LogP contribution in [0.4, 0.5) is 0 Å². The fourth-order valence-corrected chi connectivity index (χ4v) is 5.63. The molecule has 0 aromatic heterocycles. The molecule has 0 heterocycles. The number of unbranched alkanes of at least 4 members (excludes halogenated alkanes) is 2. The Labute approximate surface area is 144 Å². The standard InChI is InChI=1S/C17H27O2PS2/c1-3-5-14-18-20(21,19-15-6-4-2)22-16-10-13-17-11-8-7-9-12-17/h7-13H,3-6,14-16H2,1-2H3. The van der Waals surface area contributed by atoms with Crippen LogP contribution in [0, 0.1) is 0 Å².